The second-order valence-corrected chi connectivity index (χ2v) is 7.72. The van der Waals surface area contributed by atoms with E-state index in [4.69, 9.17) is 23.2 Å². The molecule has 2 aromatic carbocycles. The molecule has 2 rings (SSSR count). The van der Waals surface area contributed by atoms with Crippen molar-refractivity contribution in [3.8, 4) is 5.75 Å². The zero-order valence-corrected chi connectivity index (χ0v) is 14.1. The molecule has 0 atom stereocenters. The van der Waals surface area contributed by atoms with Crippen molar-refractivity contribution < 1.29 is 18.3 Å². The van der Waals surface area contributed by atoms with E-state index in [1.807, 2.05) is 0 Å². The first-order chi connectivity index (χ1) is 10.1. The van der Waals surface area contributed by atoms with Crippen LogP contribution >= 0.6 is 23.2 Å². The Morgan fingerprint density at radius 2 is 1.73 bits per heavy atom. The molecule has 0 bridgehead atoms. The van der Waals surface area contributed by atoms with Crippen molar-refractivity contribution in [3.63, 3.8) is 0 Å². The minimum atomic E-state index is -3.42. The fourth-order valence-electron chi connectivity index (χ4n) is 1.96. The summed E-state index contributed by atoms with van der Waals surface area (Å²) in [7, 11) is -3.42. The number of carbonyl (C=O) groups excluding carboxylic acids is 1. The van der Waals surface area contributed by atoms with Gasteiger partial charge in [-0.05, 0) is 42.8 Å². The molecule has 0 saturated carbocycles. The Morgan fingerprint density at radius 3 is 2.27 bits per heavy atom. The molecule has 2 aromatic rings. The second-order valence-electron chi connectivity index (χ2n) is 4.86. The van der Waals surface area contributed by atoms with Crippen LogP contribution in [0.3, 0.4) is 0 Å². The first-order valence-electron chi connectivity index (χ1n) is 6.14. The Kier molecular flexibility index (Phi) is 4.52. The van der Waals surface area contributed by atoms with Crippen LogP contribution in [0.2, 0.25) is 10.0 Å². The summed E-state index contributed by atoms with van der Waals surface area (Å²) in [5.74, 6) is -0.717. The van der Waals surface area contributed by atoms with Gasteiger partial charge in [0, 0.05) is 16.8 Å². The van der Waals surface area contributed by atoms with Crippen LogP contribution in [0.1, 0.15) is 21.5 Å². The van der Waals surface area contributed by atoms with Gasteiger partial charge in [-0.25, -0.2) is 8.42 Å². The highest BCUT2D eigenvalue weighted by atomic mass is 35.5. The smallest absolute Gasteiger partial charge is 0.198 e. The number of rotatable bonds is 3. The van der Waals surface area contributed by atoms with Crippen molar-refractivity contribution in [1.82, 2.24) is 0 Å². The molecule has 0 heterocycles. The number of hydrogen-bond acceptors (Lipinski definition) is 4. The average Bonchev–Trinajstić information content (AvgIpc) is 2.41. The van der Waals surface area contributed by atoms with Gasteiger partial charge in [0.2, 0.25) is 0 Å². The number of halogens is 2. The van der Waals surface area contributed by atoms with Gasteiger partial charge in [-0.2, -0.15) is 0 Å². The number of carbonyl (C=O) groups is 1. The van der Waals surface area contributed by atoms with Crippen molar-refractivity contribution in [3.05, 3.63) is 57.1 Å². The van der Waals surface area contributed by atoms with E-state index in [-0.39, 0.29) is 26.8 Å². The predicted octanol–water partition coefficient (Wildman–Crippen LogP) is 3.64. The van der Waals surface area contributed by atoms with Gasteiger partial charge in [-0.1, -0.05) is 23.2 Å². The molecule has 22 heavy (non-hydrogen) atoms. The first-order valence-corrected chi connectivity index (χ1v) is 8.79. The molecule has 0 saturated heterocycles. The third kappa shape index (κ3) is 3.27. The Morgan fingerprint density at radius 1 is 1.09 bits per heavy atom. The number of aromatic hydroxyl groups is 1. The molecular weight excluding hydrogens is 347 g/mol. The SMILES string of the molecule is Cc1cc(Cl)cc(C(=O)c2ccc(S(C)(=O)=O)cc2Cl)c1O. The number of ketones is 1. The summed E-state index contributed by atoms with van der Waals surface area (Å²) < 4.78 is 23.0. The number of sulfone groups is 1. The lowest BCUT2D eigenvalue weighted by atomic mass is 10.0. The maximum atomic E-state index is 12.5. The number of aryl methyl sites for hydroxylation is 1. The van der Waals surface area contributed by atoms with Crippen LogP contribution in [0, 0.1) is 6.92 Å². The summed E-state index contributed by atoms with van der Waals surface area (Å²) >= 11 is 11.9. The molecule has 0 aliphatic heterocycles. The highest BCUT2D eigenvalue weighted by molar-refractivity contribution is 7.90. The predicted molar refractivity (Wildman–Crippen MR) is 85.8 cm³/mol. The van der Waals surface area contributed by atoms with Crippen LogP contribution in [-0.4, -0.2) is 25.6 Å². The number of hydrogen-bond donors (Lipinski definition) is 1. The second kappa shape index (κ2) is 5.91. The molecule has 1 N–H and O–H groups in total. The minimum absolute atomic E-state index is 0.00930. The first kappa shape index (κ1) is 16.8. The molecule has 0 aliphatic carbocycles. The fourth-order valence-corrected chi connectivity index (χ4v) is 3.22. The standard InChI is InChI=1S/C15H12Cl2O4S/c1-8-5-9(16)6-12(14(8)18)15(19)11-4-3-10(7-13(11)17)22(2,20)21/h3-7,18H,1-2H3. The number of phenolic OH excluding ortho intramolecular Hbond substituents is 1. The Bertz CT molecular complexity index is 873. The third-order valence-corrected chi connectivity index (χ3v) is 4.76. The average molecular weight is 359 g/mol. The van der Waals surface area contributed by atoms with Crippen LogP contribution in [-0.2, 0) is 9.84 Å². The van der Waals surface area contributed by atoms with Gasteiger partial charge in [0.05, 0.1) is 15.5 Å². The van der Waals surface area contributed by atoms with Gasteiger partial charge >= 0.3 is 0 Å². The maximum Gasteiger partial charge on any atom is 0.198 e. The van der Waals surface area contributed by atoms with Gasteiger partial charge in [0.1, 0.15) is 5.75 Å². The van der Waals surface area contributed by atoms with E-state index in [2.05, 4.69) is 0 Å². The van der Waals surface area contributed by atoms with Gasteiger partial charge in [0.25, 0.3) is 0 Å². The molecule has 116 valence electrons. The van der Waals surface area contributed by atoms with Crippen molar-refractivity contribution >= 4 is 38.8 Å². The zero-order chi connectivity index (χ0) is 16.7. The van der Waals surface area contributed by atoms with Gasteiger partial charge in [-0.3, -0.25) is 4.79 Å². The molecule has 0 spiro atoms. The Hall–Kier alpha value is -1.56. The van der Waals surface area contributed by atoms with Crippen LogP contribution < -0.4 is 0 Å². The van der Waals surface area contributed by atoms with Crippen LogP contribution in [0.15, 0.2) is 35.2 Å². The van der Waals surface area contributed by atoms with E-state index < -0.39 is 15.6 Å². The summed E-state index contributed by atoms with van der Waals surface area (Å²) in [6, 6.07) is 6.69. The summed E-state index contributed by atoms with van der Waals surface area (Å²) in [4.78, 5) is 12.5. The van der Waals surface area contributed by atoms with Crippen LogP contribution in [0.25, 0.3) is 0 Å². The van der Waals surface area contributed by atoms with Crippen LogP contribution in [0.5, 0.6) is 5.75 Å². The van der Waals surface area contributed by atoms with Gasteiger partial charge < -0.3 is 5.11 Å². The molecule has 0 radical (unpaired) electrons. The topological polar surface area (TPSA) is 71.4 Å². The third-order valence-electron chi connectivity index (χ3n) is 3.12. The molecule has 4 nitrogen and oxygen atoms in total. The number of phenols is 1. The highest BCUT2D eigenvalue weighted by Gasteiger charge is 2.20. The number of benzene rings is 2. The van der Waals surface area contributed by atoms with Crippen LogP contribution in [0.4, 0.5) is 0 Å². The van der Waals surface area contributed by atoms with Crippen molar-refractivity contribution in [1.29, 1.82) is 0 Å². The summed E-state index contributed by atoms with van der Waals surface area (Å²) in [6.45, 7) is 1.62. The van der Waals surface area contributed by atoms with Gasteiger partial charge in [-0.15, -0.1) is 0 Å². The molecule has 0 amide bonds. The van der Waals surface area contributed by atoms with Gasteiger partial charge in [0.15, 0.2) is 15.6 Å². The summed E-state index contributed by atoms with van der Waals surface area (Å²) in [5.41, 5.74) is 0.560. The highest BCUT2D eigenvalue weighted by Crippen LogP contribution is 2.31. The van der Waals surface area contributed by atoms with E-state index in [0.717, 1.165) is 6.26 Å². The maximum absolute atomic E-state index is 12.5. The molecule has 7 heteroatoms. The minimum Gasteiger partial charge on any atom is -0.507 e. The van der Waals surface area contributed by atoms with Crippen molar-refractivity contribution in [2.75, 3.05) is 6.26 Å². The van der Waals surface area contributed by atoms with E-state index in [1.54, 1.807) is 6.92 Å². The molecule has 0 fully saturated rings. The molecule has 0 unspecified atom stereocenters. The summed E-state index contributed by atoms with van der Waals surface area (Å²) in [5, 5.41) is 10.3. The largest absolute Gasteiger partial charge is 0.507 e. The van der Waals surface area contributed by atoms with E-state index in [9.17, 15) is 18.3 Å². The normalized spacial score (nSPS) is 11.5. The lowest BCUT2D eigenvalue weighted by Gasteiger charge is -2.09. The molecule has 0 aromatic heterocycles. The van der Waals surface area contributed by atoms with E-state index >= 15 is 0 Å². The quantitative estimate of drug-likeness (QED) is 0.850. The van der Waals surface area contributed by atoms with Crippen molar-refractivity contribution in [2.45, 2.75) is 11.8 Å². The molecular formula is C15H12Cl2O4S. The van der Waals surface area contributed by atoms with E-state index in [1.165, 1.54) is 30.3 Å². The lowest BCUT2D eigenvalue weighted by Crippen LogP contribution is -2.05. The fraction of sp³-hybridized carbons (Fsp3) is 0.133. The lowest BCUT2D eigenvalue weighted by molar-refractivity contribution is 0.103. The Labute approximate surface area is 138 Å². The Balaban J connectivity index is 2.56. The summed E-state index contributed by atoms with van der Waals surface area (Å²) in [6.07, 6.45) is 1.05. The van der Waals surface area contributed by atoms with E-state index in [0.29, 0.717) is 10.6 Å². The monoisotopic (exact) mass is 358 g/mol. The van der Waals surface area contributed by atoms with Crippen molar-refractivity contribution in [2.24, 2.45) is 0 Å². The zero-order valence-electron chi connectivity index (χ0n) is 11.7. The molecule has 0 aliphatic rings.